The minimum atomic E-state index is 0.0512. The Bertz CT molecular complexity index is 997. The Morgan fingerprint density at radius 3 is 2.41 bits per heavy atom. The van der Waals surface area contributed by atoms with Gasteiger partial charge >= 0.3 is 0 Å². The summed E-state index contributed by atoms with van der Waals surface area (Å²) < 4.78 is 5.79. The molecule has 0 N–H and O–H groups in total. The highest BCUT2D eigenvalue weighted by atomic mass is 32.2. The van der Waals surface area contributed by atoms with E-state index in [-0.39, 0.29) is 5.91 Å². The summed E-state index contributed by atoms with van der Waals surface area (Å²) in [6.45, 7) is 0.580. The smallest absolute Gasteiger partial charge is 0.253 e. The number of fused-ring (bicyclic) bond motifs is 1. The minimum absolute atomic E-state index is 0.0512. The average Bonchev–Trinajstić information content (AvgIpc) is 2.79. The first kappa shape index (κ1) is 20.2. The van der Waals surface area contributed by atoms with Gasteiger partial charge in [-0.2, -0.15) is 0 Å². The molecule has 0 unspecified atom stereocenters. The summed E-state index contributed by atoms with van der Waals surface area (Å²) in [4.78, 5) is 14.7. The van der Waals surface area contributed by atoms with E-state index in [9.17, 15) is 4.79 Å². The van der Waals surface area contributed by atoms with Gasteiger partial charge in [-0.15, -0.1) is 23.5 Å². The Hall–Kier alpha value is -2.11. The Labute approximate surface area is 180 Å². The maximum atomic E-state index is 12.9. The number of amides is 1. The van der Waals surface area contributed by atoms with E-state index in [1.54, 1.807) is 12.0 Å². The fourth-order valence-electron chi connectivity index (χ4n) is 3.53. The lowest BCUT2D eigenvalue weighted by atomic mass is 10.1. The highest BCUT2D eigenvalue weighted by Gasteiger charge is 2.18. The average molecular weight is 424 g/mol. The zero-order valence-electron chi connectivity index (χ0n) is 16.8. The van der Waals surface area contributed by atoms with Gasteiger partial charge in [0.1, 0.15) is 5.75 Å². The molecule has 29 heavy (non-hydrogen) atoms. The Kier molecular flexibility index (Phi) is 6.36. The van der Waals surface area contributed by atoms with E-state index in [0.717, 1.165) is 27.6 Å². The second-order valence-corrected chi connectivity index (χ2v) is 9.98. The van der Waals surface area contributed by atoms with Gasteiger partial charge in [-0.05, 0) is 70.2 Å². The van der Waals surface area contributed by atoms with E-state index in [0.29, 0.717) is 11.1 Å². The van der Waals surface area contributed by atoms with E-state index in [1.165, 1.54) is 23.5 Å². The number of ether oxygens (including phenoxy) is 1. The van der Waals surface area contributed by atoms with Crippen LogP contribution in [0, 0.1) is 0 Å². The fourth-order valence-corrected chi connectivity index (χ4v) is 6.42. The molecule has 4 rings (SSSR count). The fraction of sp³-hybridized carbons (Fsp3) is 0.292. The summed E-state index contributed by atoms with van der Waals surface area (Å²) in [5.41, 5.74) is 3.17. The monoisotopic (exact) mass is 423 g/mol. The number of nitrogens with zero attached hydrogens (tertiary/aromatic N) is 1. The first-order chi connectivity index (χ1) is 14.1. The van der Waals surface area contributed by atoms with Crippen LogP contribution in [0.1, 0.15) is 32.5 Å². The number of benzene rings is 3. The maximum absolute atomic E-state index is 12.9. The van der Waals surface area contributed by atoms with Gasteiger partial charge in [0, 0.05) is 19.2 Å². The van der Waals surface area contributed by atoms with Gasteiger partial charge < -0.3 is 9.64 Å². The van der Waals surface area contributed by atoms with E-state index in [4.69, 9.17) is 4.74 Å². The molecule has 1 fully saturated rings. The van der Waals surface area contributed by atoms with Crippen molar-refractivity contribution in [3.63, 3.8) is 0 Å². The van der Waals surface area contributed by atoms with Gasteiger partial charge in [0.25, 0.3) is 5.91 Å². The lowest BCUT2D eigenvalue weighted by Crippen LogP contribution is -2.26. The van der Waals surface area contributed by atoms with Crippen molar-refractivity contribution in [2.45, 2.75) is 17.5 Å². The molecular weight excluding hydrogens is 398 g/mol. The van der Waals surface area contributed by atoms with Crippen LogP contribution in [0.3, 0.4) is 0 Å². The van der Waals surface area contributed by atoms with Gasteiger partial charge in [0.05, 0.1) is 11.7 Å². The summed E-state index contributed by atoms with van der Waals surface area (Å²) in [5.74, 6) is 3.35. The van der Waals surface area contributed by atoms with Gasteiger partial charge in [-0.3, -0.25) is 4.79 Å². The Balaban J connectivity index is 1.44. The summed E-state index contributed by atoms with van der Waals surface area (Å²) in [6.07, 6.45) is 1.29. The number of methoxy groups -OCH3 is 1. The molecule has 1 saturated heterocycles. The molecule has 3 aromatic carbocycles. The van der Waals surface area contributed by atoms with Crippen LogP contribution in [0.15, 0.2) is 60.7 Å². The number of rotatable bonds is 5. The molecule has 0 saturated carbocycles. The number of thioether (sulfide) groups is 2. The number of carbonyl (C=O) groups excluding carboxylic acids is 1. The first-order valence-electron chi connectivity index (χ1n) is 9.79. The van der Waals surface area contributed by atoms with E-state index < -0.39 is 0 Å². The third-order valence-corrected chi connectivity index (χ3v) is 8.15. The number of carbonyl (C=O) groups is 1. The van der Waals surface area contributed by atoms with Crippen LogP contribution in [0.2, 0.25) is 0 Å². The van der Waals surface area contributed by atoms with Crippen LogP contribution in [0.25, 0.3) is 10.8 Å². The quantitative estimate of drug-likeness (QED) is 0.504. The zero-order chi connectivity index (χ0) is 20.2. The van der Waals surface area contributed by atoms with Crippen molar-refractivity contribution in [3.05, 3.63) is 77.4 Å². The molecule has 0 aliphatic carbocycles. The highest BCUT2D eigenvalue weighted by molar-refractivity contribution is 8.16. The van der Waals surface area contributed by atoms with Gasteiger partial charge in [-0.25, -0.2) is 0 Å². The van der Waals surface area contributed by atoms with Crippen LogP contribution >= 0.6 is 23.5 Å². The molecule has 5 heteroatoms. The minimum Gasteiger partial charge on any atom is -0.497 e. The largest absolute Gasteiger partial charge is 0.497 e. The van der Waals surface area contributed by atoms with Crippen molar-refractivity contribution < 1.29 is 9.53 Å². The zero-order valence-corrected chi connectivity index (χ0v) is 18.4. The van der Waals surface area contributed by atoms with Crippen molar-refractivity contribution >= 4 is 40.2 Å². The normalized spacial score (nSPS) is 14.7. The molecule has 0 aromatic heterocycles. The molecule has 1 amide bonds. The first-order valence-corrected chi connectivity index (χ1v) is 11.9. The van der Waals surface area contributed by atoms with Crippen molar-refractivity contribution in [3.8, 4) is 5.75 Å². The van der Waals surface area contributed by atoms with Crippen molar-refractivity contribution in [1.29, 1.82) is 0 Å². The summed E-state index contributed by atoms with van der Waals surface area (Å²) in [5, 5.41) is 2.28. The van der Waals surface area contributed by atoms with Crippen LogP contribution in [0.4, 0.5) is 0 Å². The number of hydrogen-bond acceptors (Lipinski definition) is 4. The Morgan fingerprint density at radius 2 is 1.69 bits per heavy atom. The molecule has 0 radical (unpaired) electrons. The molecule has 150 valence electrons. The highest BCUT2D eigenvalue weighted by Crippen LogP contribution is 2.43. The van der Waals surface area contributed by atoms with Gasteiger partial charge in [0.15, 0.2) is 0 Å². The van der Waals surface area contributed by atoms with Crippen LogP contribution in [-0.4, -0.2) is 36.5 Å². The van der Waals surface area contributed by atoms with Gasteiger partial charge in [-0.1, -0.05) is 30.3 Å². The van der Waals surface area contributed by atoms with Gasteiger partial charge in [0.2, 0.25) is 0 Å². The van der Waals surface area contributed by atoms with Crippen LogP contribution < -0.4 is 4.74 Å². The summed E-state index contributed by atoms with van der Waals surface area (Å²) in [6, 6.07) is 20.5. The predicted molar refractivity (Wildman–Crippen MR) is 125 cm³/mol. The standard InChI is InChI=1S/C24H25NO2S2/c1-25(16-17-4-5-21-15-22(27-2)11-10-20(21)14-17)23(26)18-6-8-19(9-7-18)24-28-12-3-13-29-24/h4-11,14-15,24H,3,12-13,16H2,1-2H3. The molecule has 1 aliphatic rings. The molecule has 3 aromatic rings. The van der Waals surface area contributed by atoms with Crippen molar-refractivity contribution in [1.82, 2.24) is 4.90 Å². The lowest BCUT2D eigenvalue weighted by molar-refractivity contribution is 0.0785. The van der Waals surface area contributed by atoms with Crippen LogP contribution in [0.5, 0.6) is 5.75 Å². The van der Waals surface area contributed by atoms with Crippen LogP contribution in [-0.2, 0) is 6.54 Å². The second kappa shape index (κ2) is 9.14. The third kappa shape index (κ3) is 4.73. The molecule has 0 spiro atoms. The topological polar surface area (TPSA) is 29.5 Å². The van der Waals surface area contributed by atoms with Crippen molar-refractivity contribution in [2.75, 3.05) is 25.7 Å². The molecule has 1 aliphatic heterocycles. The molecule has 3 nitrogen and oxygen atoms in total. The number of hydrogen-bond donors (Lipinski definition) is 0. The molecule has 1 heterocycles. The van der Waals surface area contributed by atoms with E-state index >= 15 is 0 Å². The maximum Gasteiger partial charge on any atom is 0.253 e. The second-order valence-electron chi connectivity index (χ2n) is 7.26. The van der Waals surface area contributed by atoms with E-state index in [2.05, 4.69) is 36.4 Å². The van der Waals surface area contributed by atoms with Crippen molar-refractivity contribution in [2.24, 2.45) is 0 Å². The summed E-state index contributed by atoms with van der Waals surface area (Å²) >= 11 is 4.00. The molecule has 0 bridgehead atoms. The lowest BCUT2D eigenvalue weighted by Gasteiger charge is -2.22. The third-order valence-electron chi connectivity index (χ3n) is 5.14. The van der Waals surface area contributed by atoms with E-state index in [1.807, 2.05) is 54.8 Å². The molecule has 0 atom stereocenters. The predicted octanol–water partition coefficient (Wildman–Crippen LogP) is 5.99. The SMILES string of the molecule is COc1ccc2cc(CN(C)C(=O)c3ccc(C4SCCCS4)cc3)ccc2c1. The Morgan fingerprint density at radius 1 is 1.00 bits per heavy atom. The summed E-state index contributed by atoms with van der Waals surface area (Å²) in [7, 11) is 3.54. The molecular formula is C24H25NO2S2.